The van der Waals surface area contributed by atoms with Crippen LogP contribution in [-0.4, -0.2) is 142 Å². The molecule has 7 aliphatic rings. The lowest BCUT2D eigenvalue weighted by Gasteiger charge is -2.55. The van der Waals surface area contributed by atoms with Crippen LogP contribution in [0, 0.1) is 5.92 Å². The summed E-state index contributed by atoms with van der Waals surface area (Å²) in [6, 6.07) is 24.0. The number of carbonyl (C=O) groups excluding carboxylic acids is 5. The molecule has 0 radical (unpaired) electrons. The summed E-state index contributed by atoms with van der Waals surface area (Å²) in [6.07, 6.45) is 5.93. The van der Waals surface area contributed by atoms with Crippen molar-refractivity contribution in [1.82, 2.24) is 34.7 Å². The van der Waals surface area contributed by atoms with Crippen molar-refractivity contribution < 1.29 is 28.7 Å². The molecule has 1 aromatic heterocycles. The summed E-state index contributed by atoms with van der Waals surface area (Å²) in [5, 5.41) is 11.0. The number of likely N-dealkylation sites (tertiary alicyclic amines) is 3. The maximum absolute atomic E-state index is 13.3. The predicted molar refractivity (Wildman–Crippen MR) is 240 cm³/mol. The minimum absolute atomic E-state index is 0.0224. The zero-order valence-electron chi connectivity index (χ0n) is 36.3. The number of imide groups is 2. The molecule has 7 aliphatic heterocycles. The number of Topliss-reactive ketones (excluding diaryl/α,β-unsaturated/α-hetero) is 1. The number of fused-ring (bicyclic) bond motifs is 2. The first-order chi connectivity index (χ1) is 31.2. The number of piperidine rings is 3. The van der Waals surface area contributed by atoms with E-state index in [0.717, 1.165) is 117 Å². The minimum atomic E-state index is -0.958. The average Bonchev–Trinajstić information content (AvgIpc) is 3.79. The van der Waals surface area contributed by atoms with Gasteiger partial charge in [-0.25, -0.2) is 4.68 Å². The number of nitrogens with one attached hydrogen (secondary N) is 2. The maximum Gasteiger partial charge on any atom is 0.262 e. The van der Waals surface area contributed by atoms with Gasteiger partial charge in [0.15, 0.2) is 5.78 Å². The summed E-state index contributed by atoms with van der Waals surface area (Å²) in [5.41, 5.74) is 3.87. The summed E-state index contributed by atoms with van der Waals surface area (Å²) < 4.78 is 8.17. The minimum Gasteiger partial charge on any atom is -0.457 e. The van der Waals surface area contributed by atoms with Gasteiger partial charge in [-0.1, -0.05) is 18.2 Å². The molecular formula is C49H55N9O6. The number of nitrogens with zero attached hydrogens (tertiary/aromatic N) is 7. The van der Waals surface area contributed by atoms with Crippen molar-refractivity contribution in [1.29, 1.82) is 0 Å². The second kappa shape index (κ2) is 16.6. The van der Waals surface area contributed by atoms with Crippen LogP contribution >= 0.6 is 0 Å². The maximum atomic E-state index is 13.3. The Kier molecular flexibility index (Phi) is 10.6. The van der Waals surface area contributed by atoms with Crippen molar-refractivity contribution in [2.24, 2.45) is 5.92 Å². The van der Waals surface area contributed by atoms with Crippen molar-refractivity contribution in [3.63, 3.8) is 0 Å². The fraction of sp³-hybridized carbons (Fsp3) is 0.469. The van der Waals surface area contributed by atoms with Crippen LogP contribution in [0.3, 0.4) is 0 Å². The van der Waals surface area contributed by atoms with Gasteiger partial charge in [0, 0.05) is 81.6 Å². The lowest BCUT2D eigenvalue weighted by atomic mass is 9.85. The van der Waals surface area contributed by atoms with Crippen LogP contribution in [0.15, 0.2) is 72.8 Å². The molecule has 4 aromatic rings. The lowest BCUT2D eigenvalue weighted by Crippen LogP contribution is -2.70. The van der Waals surface area contributed by atoms with Crippen LogP contribution in [0.4, 0.5) is 11.5 Å². The zero-order chi connectivity index (χ0) is 43.6. The Morgan fingerprint density at radius 2 is 1.38 bits per heavy atom. The number of benzene rings is 3. The fourth-order valence-corrected chi connectivity index (χ4v) is 11.4. The third-order valence-corrected chi connectivity index (χ3v) is 15.1. The van der Waals surface area contributed by atoms with E-state index in [4.69, 9.17) is 9.84 Å². The summed E-state index contributed by atoms with van der Waals surface area (Å²) in [7, 11) is 0. The number of ketones is 1. The van der Waals surface area contributed by atoms with Crippen LogP contribution in [0.1, 0.15) is 89.0 Å². The van der Waals surface area contributed by atoms with Crippen molar-refractivity contribution in [2.45, 2.75) is 82.1 Å². The molecule has 1 unspecified atom stereocenters. The quantitative estimate of drug-likeness (QED) is 0.162. The van der Waals surface area contributed by atoms with Crippen LogP contribution < -0.4 is 20.3 Å². The zero-order valence-corrected chi connectivity index (χ0v) is 36.3. The van der Waals surface area contributed by atoms with E-state index in [1.807, 2.05) is 60.7 Å². The number of rotatable bonds is 10. The Labute approximate surface area is 372 Å². The summed E-state index contributed by atoms with van der Waals surface area (Å²) in [5.74, 6) is 1.00. The van der Waals surface area contributed by atoms with E-state index in [1.165, 1.54) is 12.8 Å². The van der Waals surface area contributed by atoms with Crippen molar-refractivity contribution in [3.8, 4) is 22.8 Å². The Morgan fingerprint density at radius 3 is 2.09 bits per heavy atom. The molecule has 4 amide bonds. The third-order valence-electron chi connectivity index (χ3n) is 15.1. The van der Waals surface area contributed by atoms with Crippen molar-refractivity contribution in [3.05, 3.63) is 89.5 Å². The first kappa shape index (κ1) is 40.8. The van der Waals surface area contributed by atoms with Gasteiger partial charge in [-0.3, -0.25) is 44.0 Å². The van der Waals surface area contributed by atoms with Crippen LogP contribution in [0.2, 0.25) is 0 Å². The molecule has 2 atom stereocenters. The Balaban J connectivity index is 0.641. The van der Waals surface area contributed by atoms with Crippen LogP contribution in [0.25, 0.3) is 11.3 Å². The number of ether oxygens (including phenoxy) is 1. The topological polar surface area (TPSA) is 153 Å². The van der Waals surface area contributed by atoms with E-state index in [0.29, 0.717) is 40.7 Å². The summed E-state index contributed by atoms with van der Waals surface area (Å²) >= 11 is 0. The highest BCUT2D eigenvalue weighted by atomic mass is 16.5. The highest BCUT2D eigenvalue weighted by Crippen LogP contribution is 2.42. The summed E-state index contributed by atoms with van der Waals surface area (Å²) in [6.45, 7) is 10.9. The molecule has 15 heteroatoms. The van der Waals surface area contributed by atoms with Crippen LogP contribution in [0.5, 0.6) is 11.5 Å². The van der Waals surface area contributed by atoms with Gasteiger partial charge in [-0.05, 0) is 119 Å². The van der Waals surface area contributed by atoms with Gasteiger partial charge in [0.25, 0.3) is 11.8 Å². The first-order valence-electron chi connectivity index (χ1n) is 23.2. The number of para-hydroxylation sites is 1. The SMILES string of the molecule is CC(=O)c1c(-c2ccc(Oc3ccccc3)cc2)nn2c1NCC[C@H]2C1CCN(C2CCN(C3CN(C4CN(c5ccc6c(c5)C(=O)N(C5CCC(=O)NC5=O)C6=O)C4)C3)CC2)CC1. The average molecular weight is 866 g/mol. The van der Waals surface area contributed by atoms with E-state index in [2.05, 4.69) is 34.9 Å². The van der Waals surface area contributed by atoms with Gasteiger partial charge in [-0.15, -0.1) is 0 Å². The fourth-order valence-electron chi connectivity index (χ4n) is 11.4. The molecular weight excluding hydrogens is 811 g/mol. The number of amides is 4. The molecule has 5 saturated heterocycles. The van der Waals surface area contributed by atoms with Gasteiger partial charge < -0.3 is 19.9 Å². The Morgan fingerprint density at radius 1 is 0.703 bits per heavy atom. The predicted octanol–water partition coefficient (Wildman–Crippen LogP) is 5.05. The molecule has 64 heavy (non-hydrogen) atoms. The van der Waals surface area contributed by atoms with Crippen LogP contribution in [-0.2, 0) is 9.59 Å². The molecule has 8 heterocycles. The van der Waals surface area contributed by atoms with E-state index >= 15 is 0 Å². The van der Waals surface area contributed by atoms with Gasteiger partial charge in [-0.2, -0.15) is 5.10 Å². The van der Waals surface area contributed by atoms with Gasteiger partial charge in [0.2, 0.25) is 11.8 Å². The number of anilines is 2. The molecule has 15 nitrogen and oxygen atoms in total. The Hall–Kier alpha value is -5.90. The highest BCUT2D eigenvalue weighted by molar-refractivity contribution is 6.23. The standard InChI is InChI=1S/C49H55N9O6/c1-30(59)44-45(32-7-10-38(11-8-32)64-37-5-3-2-4-6-37)52-58-41(15-20-50-46(44)58)31-16-21-53(22-17-31)33-18-23-54(24-19-33)35-26-56(27-35)36-28-55(29-36)34-9-12-39-40(25-34)49(63)57(48(39)62)42-13-14-43(60)51-47(42)61/h2-12,25,31,33,35-36,41-42,50H,13-24,26-29H2,1H3,(H,51,60,61)/t41-,42?/m0/s1. The number of hydrogen-bond acceptors (Lipinski definition) is 12. The number of hydrogen-bond donors (Lipinski definition) is 2. The molecule has 3 aromatic carbocycles. The molecule has 0 saturated carbocycles. The van der Waals surface area contributed by atoms with E-state index < -0.39 is 23.8 Å². The molecule has 0 spiro atoms. The highest BCUT2D eigenvalue weighted by Gasteiger charge is 2.46. The largest absolute Gasteiger partial charge is 0.457 e. The molecule has 0 aliphatic carbocycles. The van der Waals surface area contributed by atoms with Gasteiger partial charge in [0.05, 0.1) is 22.7 Å². The molecule has 332 valence electrons. The van der Waals surface area contributed by atoms with Crippen molar-refractivity contribution >= 4 is 40.9 Å². The van der Waals surface area contributed by atoms with Gasteiger partial charge in [0.1, 0.15) is 29.1 Å². The Bertz CT molecular complexity index is 2480. The number of aromatic nitrogens is 2. The van der Waals surface area contributed by atoms with Gasteiger partial charge >= 0.3 is 0 Å². The molecule has 0 bridgehead atoms. The second-order valence-electron chi connectivity index (χ2n) is 18.8. The third kappa shape index (κ3) is 7.36. The second-order valence-corrected chi connectivity index (χ2v) is 18.8. The van der Waals surface area contributed by atoms with Crippen molar-refractivity contribution in [2.75, 3.05) is 69.1 Å². The normalized spacial score (nSPS) is 24.2. The molecule has 11 rings (SSSR count). The number of carbonyl (C=O) groups is 5. The molecule has 5 fully saturated rings. The molecule has 2 N–H and O–H groups in total. The smallest absolute Gasteiger partial charge is 0.262 e. The summed E-state index contributed by atoms with van der Waals surface area (Å²) in [4.78, 5) is 75.0. The monoisotopic (exact) mass is 865 g/mol. The first-order valence-corrected chi connectivity index (χ1v) is 23.2. The van der Waals surface area contributed by atoms with E-state index in [9.17, 15) is 24.0 Å². The van der Waals surface area contributed by atoms with E-state index in [1.54, 1.807) is 19.1 Å². The lowest BCUT2D eigenvalue weighted by molar-refractivity contribution is -0.136. The van der Waals surface area contributed by atoms with E-state index in [-0.39, 0.29) is 30.6 Å².